The third-order valence-corrected chi connectivity index (χ3v) is 7.40. The van der Waals surface area contributed by atoms with Crippen molar-refractivity contribution in [3.05, 3.63) is 94.8 Å². The maximum atomic E-state index is 15.3. The van der Waals surface area contributed by atoms with E-state index in [-0.39, 0.29) is 53.5 Å². The Kier molecular flexibility index (Phi) is 15.3. The van der Waals surface area contributed by atoms with Crippen LogP contribution in [-0.2, 0) is 32.0 Å². The van der Waals surface area contributed by atoms with Gasteiger partial charge in [-0.15, -0.1) is 4.99 Å². The van der Waals surface area contributed by atoms with Gasteiger partial charge in [0.25, 0.3) is 0 Å². The van der Waals surface area contributed by atoms with Crippen LogP contribution in [0, 0.1) is 11.2 Å². The van der Waals surface area contributed by atoms with Crippen molar-refractivity contribution in [3.8, 4) is 5.75 Å². The largest absolute Gasteiger partial charge is 0.456 e. The van der Waals surface area contributed by atoms with Crippen LogP contribution in [0.1, 0.15) is 121 Å². The van der Waals surface area contributed by atoms with Gasteiger partial charge < -0.3 is 29.2 Å². The van der Waals surface area contributed by atoms with Crippen LogP contribution in [0.4, 0.5) is 19.7 Å². The number of carbonyl (C=O) groups excluding carboxylic acids is 5. The molecule has 58 heavy (non-hydrogen) atoms. The SMILES string of the molecule is CC(C)(C)CN(Cc1cccc(C(=O)OC(C)(C)C)c1)C(=O)CCc1ccc(OC(=O)c2ccc(N/C(=N\C(=O)OC(C)(C)C)NC(=O)OC(C)(C)C)cc2)cc1F. The number of aryl methyl sites for hydroxylation is 1. The van der Waals surface area contributed by atoms with Gasteiger partial charge in [-0.05, 0) is 128 Å². The van der Waals surface area contributed by atoms with Gasteiger partial charge in [0.05, 0.1) is 11.1 Å². The van der Waals surface area contributed by atoms with Crippen LogP contribution < -0.4 is 15.4 Å². The molecule has 0 unspecified atom stereocenters. The summed E-state index contributed by atoms with van der Waals surface area (Å²) in [6, 6.07) is 16.8. The first-order chi connectivity index (χ1) is 26.6. The van der Waals surface area contributed by atoms with Crippen LogP contribution in [0.25, 0.3) is 0 Å². The van der Waals surface area contributed by atoms with Gasteiger partial charge in [-0.2, -0.15) is 0 Å². The Hall–Kier alpha value is -5.79. The predicted molar refractivity (Wildman–Crippen MR) is 219 cm³/mol. The Balaban J connectivity index is 1.66. The van der Waals surface area contributed by atoms with Gasteiger partial charge >= 0.3 is 24.1 Å². The minimum Gasteiger partial charge on any atom is -0.456 e. The summed E-state index contributed by atoms with van der Waals surface area (Å²) in [4.78, 5) is 69.5. The maximum absolute atomic E-state index is 15.3. The lowest BCUT2D eigenvalue weighted by molar-refractivity contribution is -0.133. The number of esters is 2. The number of amides is 3. The number of rotatable bonds is 10. The molecule has 0 aromatic heterocycles. The molecule has 0 aliphatic heterocycles. The Morgan fingerprint density at radius 2 is 1.33 bits per heavy atom. The van der Waals surface area contributed by atoms with E-state index < -0.39 is 46.7 Å². The predicted octanol–water partition coefficient (Wildman–Crippen LogP) is 9.24. The Morgan fingerprint density at radius 3 is 1.90 bits per heavy atom. The molecule has 3 rings (SSSR count). The van der Waals surface area contributed by atoms with Crippen LogP contribution in [0.15, 0.2) is 71.7 Å². The first kappa shape index (κ1) is 46.6. The lowest BCUT2D eigenvalue weighted by Crippen LogP contribution is -2.40. The number of benzene rings is 3. The summed E-state index contributed by atoms with van der Waals surface area (Å²) in [6.07, 6.45) is -1.70. The van der Waals surface area contributed by atoms with E-state index in [1.54, 1.807) is 85.4 Å². The zero-order valence-electron chi connectivity index (χ0n) is 35.6. The van der Waals surface area contributed by atoms with Gasteiger partial charge in [-0.3, -0.25) is 10.1 Å². The standard InChI is InChI=1S/C44H57FN4O9/c1-41(2,3)27-49(26-28-14-13-15-31(24-28)37(52)56-42(4,5)6)35(50)23-19-29-18-22-33(25-34(29)45)55-36(51)30-16-20-32(21-17-30)46-38(47-39(53)57-43(7,8)9)48-40(54)58-44(10,11)12/h13-18,20-22,24-25H,19,23,26-27H2,1-12H3,(H2,46,47,48,53,54). The van der Waals surface area contributed by atoms with E-state index in [2.05, 4.69) is 15.6 Å². The monoisotopic (exact) mass is 804 g/mol. The maximum Gasteiger partial charge on any atom is 0.437 e. The first-order valence-corrected chi connectivity index (χ1v) is 18.9. The molecular weight excluding hydrogens is 748 g/mol. The molecule has 14 heteroatoms. The fraction of sp³-hybridized carbons (Fsp3) is 0.455. The van der Waals surface area contributed by atoms with Gasteiger partial charge in [-0.1, -0.05) is 39.0 Å². The zero-order chi connectivity index (χ0) is 43.6. The van der Waals surface area contributed by atoms with Gasteiger partial charge in [0.2, 0.25) is 11.9 Å². The van der Waals surface area contributed by atoms with Crippen molar-refractivity contribution in [2.75, 3.05) is 11.9 Å². The van der Waals surface area contributed by atoms with Gasteiger partial charge in [0.1, 0.15) is 28.4 Å². The molecule has 0 saturated heterocycles. The fourth-order valence-electron chi connectivity index (χ4n) is 5.21. The second-order valence-corrected chi connectivity index (χ2v) is 17.9. The Labute approximate surface area is 340 Å². The van der Waals surface area contributed by atoms with E-state index in [1.165, 1.54) is 36.4 Å². The summed E-state index contributed by atoms with van der Waals surface area (Å²) < 4.78 is 36.7. The van der Waals surface area contributed by atoms with Crippen molar-refractivity contribution < 1.29 is 47.3 Å². The average molecular weight is 805 g/mol. The van der Waals surface area contributed by atoms with Crippen molar-refractivity contribution in [2.24, 2.45) is 10.4 Å². The number of carbonyl (C=O) groups is 5. The van der Waals surface area contributed by atoms with Crippen molar-refractivity contribution in [3.63, 3.8) is 0 Å². The van der Waals surface area contributed by atoms with Crippen LogP contribution in [0.5, 0.6) is 5.75 Å². The molecule has 0 radical (unpaired) electrons. The number of nitrogens with zero attached hydrogens (tertiary/aromatic N) is 2. The van der Waals surface area contributed by atoms with Crippen molar-refractivity contribution in [1.82, 2.24) is 10.2 Å². The molecule has 0 aliphatic carbocycles. The third-order valence-electron chi connectivity index (χ3n) is 7.40. The smallest absolute Gasteiger partial charge is 0.437 e. The molecule has 0 heterocycles. The third kappa shape index (κ3) is 17.1. The molecule has 0 aliphatic rings. The molecule has 0 bridgehead atoms. The Morgan fingerprint density at radius 1 is 0.707 bits per heavy atom. The normalized spacial score (nSPS) is 12.3. The minimum absolute atomic E-state index is 0.0236. The van der Waals surface area contributed by atoms with E-state index in [1.807, 2.05) is 26.8 Å². The summed E-state index contributed by atoms with van der Waals surface area (Å²) in [7, 11) is 0. The molecule has 314 valence electrons. The van der Waals surface area contributed by atoms with Crippen molar-refractivity contribution in [1.29, 1.82) is 0 Å². The van der Waals surface area contributed by atoms with Crippen LogP contribution in [0.3, 0.4) is 0 Å². The Bertz CT molecular complexity index is 1980. The van der Waals surface area contributed by atoms with E-state index in [9.17, 15) is 24.0 Å². The molecule has 2 N–H and O–H groups in total. The molecule has 3 aromatic rings. The summed E-state index contributed by atoms with van der Waals surface area (Å²) in [5.41, 5.74) is -0.648. The summed E-state index contributed by atoms with van der Waals surface area (Å²) >= 11 is 0. The summed E-state index contributed by atoms with van der Waals surface area (Å²) in [5, 5.41) is 5.18. The highest BCUT2D eigenvalue weighted by atomic mass is 19.1. The van der Waals surface area contributed by atoms with Gasteiger partial charge in [0, 0.05) is 31.3 Å². The van der Waals surface area contributed by atoms with E-state index in [0.29, 0.717) is 17.8 Å². The van der Waals surface area contributed by atoms with Crippen molar-refractivity contribution in [2.45, 2.75) is 119 Å². The second-order valence-electron chi connectivity index (χ2n) is 17.9. The first-order valence-electron chi connectivity index (χ1n) is 18.9. The second kappa shape index (κ2) is 19.1. The fourth-order valence-corrected chi connectivity index (χ4v) is 5.21. The highest BCUT2D eigenvalue weighted by Gasteiger charge is 2.24. The number of hydrogen-bond donors (Lipinski definition) is 2. The number of nitrogens with one attached hydrogen (secondary N) is 2. The van der Waals surface area contributed by atoms with Crippen molar-refractivity contribution >= 4 is 41.7 Å². The summed E-state index contributed by atoms with van der Waals surface area (Å²) in [6.45, 7) is 22.2. The molecule has 13 nitrogen and oxygen atoms in total. The minimum atomic E-state index is -0.960. The van der Waals surface area contributed by atoms with E-state index >= 15 is 4.39 Å². The topological polar surface area (TPSA) is 162 Å². The van der Waals surface area contributed by atoms with Crippen LogP contribution in [-0.4, -0.2) is 64.2 Å². The highest BCUT2D eigenvalue weighted by Crippen LogP contribution is 2.23. The number of halogens is 1. The highest BCUT2D eigenvalue weighted by molar-refractivity contribution is 6.06. The molecule has 3 aromatic carbocycles. The number of alkyl carbamates (subject to hydrolysis) is 1. The van der Waals surface area contributed by atoms with E-state index in [0.717, 1.165) is 11.6 Å². The number of guanidine groups is 1. The quantitative estimate of drug-likeness (QED) is 0.0664. The summed E-state index contributed by atoms with van der Waals surface area (Å²) in [5.74, 6) is -2.35. The number of aliphatic imine (C=N–C) groups is 1. The molecule has 0 atom stereocenters. The lowest BCUT2D eigenvalue weighted by Gasteiger charge is -2.30. The lowest BCUT2D eigenvalue weighted by atomic mass is 9.95. The molecule has 0 saturated carbocycles. The van der Waals surface area contributed by atoms with E-state index in [4.69, 9.17) is 18.9 Å². The molecular formula is C44H57FN4O9. The number of ether oxygens (including phenoxy) is 4. The molecule has 3 amide bonds. The van der Waals surface area contributed by atoms with Crippen LogP contribution in [0.2, 0.25) is 0 Å². The van der Waals surface area contributed by atoms with Gasteiger partial charge in [-0.25, -0.2) is 23.6 Å². The number of hydrogen-bond acceptors (Lipinski definition) is 9. The molecule has 0 fully saturated rings. The zero-order valence-corrected chi connectivity index (χ0v) is 35.6. The molecule has 0 spiro atoms. The van der Waals surface area contributed by atoms with Gasteiger partial charge in [0.15, 0.2) is 0 Å². The average Bonchev–Trinajstić information content (AvgIpc) is 3.04. The number of anilines is 1. The van der Waals surface area contributed by atoms with Crippen LogP contribution >= 0.6 is 0 Å².